The molecule has 0 unspecified atom stereocenters. The molecule has 1 aromatic rings. The molecule has 0 aromatic carbocycles. The first-order valence-corrected chi connectivity index (χ1v) is 4.54. The van der Waals surface area contributed by atoms with E-state index in [-0.39, 0.29) is 11.3 Å². The van der Waals surface area contributed by atoms with Crippen LogP contribution in [-0.4, -0.2) is 11.3 Å². The van der Waals surface area contributed by atoms with Crippen LogP contribution in [0.1, 0.15) is 28.0 Å². The highest BCUT2D eigenvalue weighted by Gasteiger charge is 2.15. The van der Waals surface area contributed by atoms with E-state index in [1.807, 2.05) is 0 Å². The number of nitrogens with zero attached hydrogens (tertiary/aromatic N) is 1. The van der Waals surface area contributed by atoms with Crippen LogP contribution in [0.5, 0.6) is 0 Å². The smallest absolute Gasteiger partial charge is 0.266 e. The predicted molar refractivity (Wildman–Crippen MR) is 52.0 cm³/mol. The normalized spacial score (nSPS) is 10.5. The predicted octanol–water partition coefficient (Wildman–Crippen LogP) is 2.74. The number of hydrogen-bond donors (Lipinski definition) is 0. The summed E-state index contributed by atoms with van der Waals surface area (Å²) in [4.78, 5) is 14.0. The van der Waals surface area contributed by atoms with Crippen molar-refractivity contribution < 1.29 is 13.6 Å². The number of hydrogen-bond acceptors (Lipinski definition) is 2. The first-order chi connectivity index (χ1) is 6.07. The van der Waals surface area contributed by atoms with Crippen LogP contribution < -0.4 is 0 Å². The molecule has 5 heteroatoms. The van der Waals surface area contributed by atoms with Crippen molar-refractivity contribution in [3.63, 3.8) is 0 Å². The summed E-state index contributed by atoms with van der Waals surface area (Å²) in [6.07, 6.45) is -0.936. The van der Waals surface area contributed by atoms with E-state index in [1.54, 1.807) is 29.5 Å². The maximum absolute atomic E-state index is 12.3. The molecule has 0 saturated heterocycles. The van der Waals surface area contributed by atoms with Crippen molar-refractivity contribution in [3.8, 4) is 0 Å². The van der Waals surface area contributed by atoms with Crippen molar-refractivity contribution in [2.24, 2.45) is 0 Å². The zero-order chi connectivity index (χ0) is 10.0. The minimum absolute atomic E-state index is 0.122. The van der Waals surface area contributed by atoms with E-state index in [0.29, 0.717) is 15.4 Å². The molecular weight excluding hydrogens is 291 g/mol. The Morgan fingerprint density at radius 2 is 2.23 bits per heavy atom. The molecule has 70 valence electrons. The quantitative estimate of drug-likeness (QED) is 0.620. The van der Waals surface area contributed by atoms with Crippen molar-refractivity contribution in [3.05, 3.63) is 26.6 Å². The van der Waals surface area contributed by atoms with Crippen LogP contribution in [0.3, 0.4) is 0 Å². The van der Waals surface area contributed by atoms with Crippen molar-refractivity contribution in [2.45, 2.75) is 13.3 Å². The number of rotatable bonds is 2. The van der Waals surface area contributed by atoms with Gasteiger partial charge in [-0.1, -0.05) is 0 Å². The van der Waals surface area contributed by atoms with E-state index in [2.05, 4.69) is 4.98 Å². The second-order valence-electron chi connectivity index (χ2n) is 2.46. The summed E-state index contributed by atoms with van der Waals surface area (Å²) in [5.74, 6) is 0. The molecule has 0 N–H and O–H groups in total. The lowest BCUT2D eigenvalue weighted by Gasteiger charge is -2.06. The summed E-state index contributed by atoms with van der Waals surface area (Å²) >= 11 is 1.79. The molecule has 0 spiro atoms. The molecule has 0 aliphatic rings. The monoisotopic (exact) mass is 297 g/mol. The minimum atomic E-state index is -2.54. The van der Waals surface area contributed by atoms with E-state index in [4.69, 9.17) is 0 Å². The highest BCUT2D eigenvalue weighted by atomic mass is 127. The third-order valence-electron chi connectivity index (χ3n) is 1.66. The fourth-order valence-electron chi connectivity index (χ4n) is 0.892. The summed E-state index contributed by atoms with van der Waals surface area (Å²) in [7, 11) is 0. The molecule has 0 aliphatic heterocycles. The molecule has 1 rings (SSSR count). The highest BCUT2D eigenvalue weighted by Crippen LogP contribution is 2.26. The highest BCUT2D eigenvalue weighted by molar-refractivity contribution is 14.1. The molecule has 2 nitrogen and oxygen atoms in total. The fourth-order valence-corrected chi connectivity index (χ4v) is 1.54. The van der Waals surface area contributed by atoms with Crippen LogP contribution in [0.4, 0.5) is 8.78 Å². The molecule has 0 aliphatic carbocycles. The van der Waals surface area contributed by atoms with Gasteiger partial charge in [0.05, 0.1) is 0 Å². The second kappa shape index (κ2) is 4.08. The van der Waals surface area contributed by atoms with Crippen LogP contribution in [-0.2, 0) is 0 Å². The van der Waals surface area contributed by atoms with Gasteiger partial charge in [-0.05, 0) is 35.1 Å². The van der Waals surface area contributed by atoms with Gasteiger partial charge in [-0.25, -0.2) is 8.78 Å². The molecule has 0 fully saturated rings. The average molecular weight is 297 g/mol. The minimum Gasteiger partial charge on any atom is -0.296 e. The standard InChI is InChI=1S/C8H6F2INO/c1-4-6(3-13)12-2-5(7(4)11)8(9)10/h2-3,8H,1H3. The Balaban J connectivity index is 3.31. The number of halogens is 3. The average Bonchev–Trinajstić information content (AvgIpc) is 2.09. The lowest BCUT2D eigenvalue weighted by atomic mass is 10.2. The van der Waals surface area contributed by atoms with Gasteiger partial charge >= 0.3 is 0 Å². The SMILES string of the molecule is Cc1c(C=O)ncc(C(F)F)c1I. The van der Waals surface area contributed by atoms with Gasteiger partial charge < -0.3 is 0 Å². The molecule has 0 bridgehead atoms. The van der Waals surface area contributed by atoms with Crippen molar-refractivity contribution in [1.29, 1.82) is 0 Å². The van der Waals surface area contributed by atoms with Crippen molar-refractivity contribution >= 4 is 28.9 Å². The topological polar surface area (TPSA) is 30.0 Å². The summed E-state index contributed by atoms with van der Waals surface area (Å²) in [6, 6.07) is 0. The maximum atomic E-state index is 12.3. The van der Waals surface area contributed by atoms with Gasteiger partial charge in [-0.15, -0.1) is 0 Å². The summed E-state index contributed by atoms with van der Waals surface area (Å²) in [5.41, 5.74) is 0.603. The Bertz CT molecular complexity index is 341. The molecule has 0 amide bonds. The number of aromatic nitrogens is 1. The summed E-state index contributed by atoms with van der Waals surface area (Å²) in [5, 5.41) is 0. The van der Waals surface area contributed by atoms with E-state index in [9.17, 15) is 13.6 Å². The van der Waals surface area contributed by atoms with Gasteiger partial charge in [0.15, 0.2) is 6.29 Å². The van der Waals surface area contributed by atoms with Gasteiger partial charge in [-0.2, -0.15) is 0 Å². The zero-order valence-corrected chi connectivity index (χ0v) is 8.88. The molecule has 13 heavy (non-hydrogen) atoms. The van der Waals surface area contributed by atoms with Gasteiger partial charge in [0.2, 0.25) is 0 Å². The lowest BCUT2D eigenvalue weighted by Crippen LogP contribution is -2.00. The molecular formula is C8H6F2INO. The van der Waals surface area contributed by atoms with Gasteiger partial charge in [-0.3, -0.25) is 9.78 Å². The van der Waals surface area contributed by atoms with Crippen molar-refractivity contribution in [2.75, 3.05) is 0 Å². The Labute approximate surface area is 87.5 Å². The molecule has 1 aromatic heterocycles. The van der Waals surface area contributed by atoms with Gasteiger partial charge in [0.25, 0.3) is 6.43 Å². The first-order valence-electron chi connectivity index (χ1n) is 3.46. The Morgan fingerprint density at radius 3 is 2.69 bits per heavy atom. The van der Waals surface area contributed by atoms with Crippen LogP contribution in [0, 0.1) is 10.5 Å². The maximum Gasteiger partial charge on any atom is 0.266 e. The van der Waals surface area contributed by atoms with Crippen LogP contribution in [0.25, 0.3) is 0 Å². The van der Waals surface area contributed by atoms with E-state index >= 15 is 0 Å². The van der Waals surface area contributed by atoms with Crippen LogP contribution in [0.2, 0.25) is 0 Å². The lowest BCUT2D eigenvalue weighted by molar-refractivity contribution is 0.111. The Kier molecular flexibility index (Phi) is 3.29. The number of pyridine rings is 1. The third kappa shape index (κ3) is 2.01. The van der Waals surface area contributed by atoms with E-state index in [0.717, 1.165) is 6.20 Å². The third-order valence-corrected chi connectivity index (χ3v) is 3.09. The van der Waals surface area contributed by atoms with Crippen LogP contribution in [0.15, 0.2) is 6.20 Å². The summed E-state index contributed by atoms with van der Waals surface area (Å²) in [6.45, 7) is 1.60. The Morgan fingerprint density at radius 1 is 1.62 bits per heavy atom. The second-order valence-corrected chi connectivity index (χ2v) is 3.54. The molecule has 0 atom stereocenters. The fraction of sp³-hybridized carbons (Fsp3) is 0.250. The van der Waals surface area contributed by atoms with Gasteiger partial charge in [0, 0.05) is 15.3 Å². The zero-order valence-electron chi connectivity index (χ0n) is 6.72. The number of carbonyl (C=O) groups excluding carboxylic acids is 1. The van der Waals surface area contributed by atoms with Gasteiger partial charge in [0.1, 0.15) is 5.69 Å². The first kappa shape index (κ1) is 10.5. The van der Waals surface area contributed by atoms with Crippen molar-refractivity contribution in [1.82, 2.24) is 4.98 Å². The molecule has 0 saturated carbocycles. The van der Waals surface area contributed by atoms with Crippen LogP contribution >= 0.6 is 22.6 Å². The molecule has 1 heterocycles. The van der Waals surface area contributed by atoms with E-state index < -0.39 is 6.43 Å². The number of carbonyl (C=O) groups is 1. The largest absolute Gasteiger partial charge is 0.296 e. The molecule has 0 radical (unpaired) electrons. The Hall–Kier alpha value is -0.590. The number of alkyl halides is 2. The number of aldehydes is 1. The van der Waals surface area contributed by atoms with E-state index in [1.165, 1.54) is 0 Å². The summed E-state index contributed by atoms with van der Waals surface area (Å²) < 4.78 is 25.0.